The van der Waals surface area contributed by atoms with Crippen molar-refractivity contribution in [1.82, 2.24) is 10.2 Å². The Morgan fingerprint density at radius 3 is 2.95 bits per heavy atom. The summed E-state index contributed by atoms with van der Waals surface area (Å²) in [6, 6.07) is 3.39. The highest BCUT2D eigenvalue weighted by Crippen LogP contribution is 2.25. The number of piperidine rings is 1. The highest BCUT2D eigenvalue weighted by molar-refractivity contribution is 7.09. The number of rotatable bonds is 6. The molecule has 1 fully saturated rings. The zero-order chi connectivity index (χ0) is 15.2. The summed E-state index contributed by atoms with van der Waals surface area (Å²) in [6.07, 6.45) is 2.62. The summed E-state index contributed by atoms with van der Waals surface area (Å²) < 4.78 is 0. The van der Waals surface area contributed by atoms with Crippen molar-refractivity contribution in [2.24, 2.45) is 5.92 Å². The van der Waals surface area contributed by atoms with Crippen molar-refractivity contribution in [1.29, 1.82) is 0 Å². The van der Waals surface area contributed by atoms with Crippen molar-refractivity contribution in [2.45, 2.75) is 38.8 Å². The van der Waals surface area contributed by atoms with Crippen LogP contribution in [0.25, 0.3) is 0 Å². The summed E-state index contributed by atoms with van der Waals surface area (Å²) in [5, 5.41) is 14.2. The van der Waals surface area contributed by atoms with Crippen LogP contribution in [0, 0.1) is 5.92 Å². The van der Waals surface area contributed by atoms with Crippen LogP contribution in [0.3, 0.4) is 0 Å². The second-order valence-corrected chi connectivity index (χ2v) is 6.51. The molecule has 2 heterocycles. The van der Waals surface area contributed by atoms with Gasteiger partial charge in [0, 0.05) is 4.88 Å². The molecule has 0 bridgehead atoms. The van der Waals surface area contributed by atoms with E-state index in [0.29, 0.717) is 25.4 Å². The zero-order valence-corrected chi connectivity index (χ0v) is 13.1. The van der Waals surface area contributed by atoms with Crippen LogP contribution in [-0.2, 0) is 16.1 Å². The van der Waals surface area contributed by atoms with Crippen molar-refractivity contribution in [3.8, 4) is 0 Å². The van der Waals surface area contributed by atoms with Crippen molar-refractivity contribution in [3.63, 3.8) is 0 Å². The quantitative estimate of drug-likeness (QED) is 0.842. The molecule has 0 spiro atoms. The predicted octanol–water partition coefficient (Wildman–Crippen LogP) is 1.94. The number of aliphatic carboxylic acids is 1. The molecule has 2 N–H and O–H groups in total. The van der Waals surface area contributed by atoms with Crippen molar-refractivity contribution >= 4 is 23.2 Å². The maximum Gasteiger partial charge on any atom is 0.320 e. The molecule has 1 aliphatic rings. The Morgan fingerprint density at radius 1 is 1.52 bits per heavy atom. The fourth-order valence-electron chi connectivity index (χ4n) is 2.74. The highest BCUT2D eigenvalue weighted by Gasteiger charge is 2.33. The van der Waals surface area contributed by atoms with Crippen molar-refractivity contribution in [2.75, 3.05) is 13.1 Å². The van der Waals surface area contributed by atoms with Gasteiger partial charge in [0.1, 0.15) is 6.04 Å². The second-order valence-electron chi connectivity index (χ2n) is 5.48. The lowest BCUT2D eigenvalue weighted by atomic mass is 9.89. The van der Waals surface area contributed by atoms with Gasteiger partial charge in [0.15, 0.2) is 0 Å². The molecular weight excluding hydrogens is 288 g/mol. The number of carboxylic acid groups (broad SMARTS) is 1. The molecule has 1 saturated heterocycles. The number of nitrogens with one attached hydrogen (secondary N) is 1. The normalized spacial score (nSPS) is 22.9. The molecule has 0 radical (unpaired) electrons. The summed E-state index contributed by atoms with van der Waals surface area (Å²) in [4.78, 5) is 26.3. The van der Waals surface area contributed by atoms with Gasteiger partial charge in [-0.1, -0.05) is 19.4 Å². The van der Waals surface area contributed by atoms with Crippen LogP contribution in [0.2, 0.25) is 0 Å². The third-order valence-electron chi connectivity index (χ3n) is 4.07. The van der Waals surface area contributed by atoms with Gasteiger partial charge in [0.25, 0.3) is 0 Å². The first-order valence-corrected chi connectivity index (χ1v) is 8.24. The standard InChI is InChI=1S/C15H22N2O3S/c1-2-11-5-6-17(13(8-11)15(19)20)10-14(18)16-9-12-4-3-7-21-12/h3-4,7,11,13H,2,5-6,8-10H2,1H3,(H,16,18)(H,19,20). The number of carboxylic acids is 1. The molecule has 6 heteroatoms. The number of amides is 1. The van der Waals surface area contributed by atoms with E-state index in [2.05, 4.69) is 12.2 Å². The fraction of sp³-hybridized carbons (Fsp3) is 0.600. The highest BCUT2D eigenvalue weighted by atomic mass is 32.1. The van der Waals surface area contributed by atoms with Gasteiger partial charge in [0.2, 0.25) is 5.91 Å². The Morgan fingerprint density at radius 2 is 2.33 bits per heavy atom. The molecule has 5 nitrogen and oxygen atoms in total. The Hall–Kier alpha value is -1.40. The molecule has 0 aliphatic carbocycles. The molecule has 21 heavy (non-hydrogen) atoms. The average molecular weight is 310 g/mol. The molecule has 2 atom stereocenters. The maximum absolute atomic E-state index is 12.0. The van der Waals surface area contributed by atoms with E-state index >= 15 is 0 Å². The first kappa shape index (κ1) is 16.0. The summed E-state index contributed by atoms with van der Waals surface area (Å²) in [7, 11) is 0. The number of likely N-dealkylation sites (tertiary alicyclic amines) is 1. The van der Waals surface area contributed by atoms with Gasteiger partial charge in [-0.2, -0.15) is 0 Å². The van der Waals surface area contributed by atoms with Crippen LogP contribution < -0.4 is 5.32 Å². The van der Waals surface area contributed by atoms with E-state index in [9.17, 15) is 14.7 Å². The Bertz CT molecular complexity index is 475. The van der Waals surface area contributed by atoms with E-state index in [1.165, 1.54) is 0 Å². The first-order chi connectivity index (χ1) is 10.1. The minimum absolute atomic E-state index is 0.107. The van der Waals surface area contributed by atoms with Crippen LogP contribution >= 0.6 is 11.3 Å². The van der Waals surface area contributed by atoms with E-state index < -0.39 is 12.0 Å². The molecule has 1 aromatic heterocycles. The number of hydrogen-bond acceptors (Lipinski definition) is 4. The van der Waals surface area contributed by atoms with E-state index in [0.717, 1.165) is 17.7 Å². The van der Waals surface area contributed by atoms with E-state index in [-0.39, 0.29) is 12.5 Å². The van der Waals surface area contributed by atoms with Gasteiger partial charge in [0.05, 0.1) is 13.1 Å². The molecule has 2 rings (SSSR count). The van der Waals surface area contributed by atoms with Gasteiger partial charge in [-0.3, -0.25) is 14.5 Å². The molecule has 1 aliphatic heterocycles. The Labute approximate surface area is 129 Å². The molecular formula is C15H22N2O3S. The van der Waals surface area contributed by atoms with Crippen LogP contribution in [0.1, 0.15) is 31.1 Å². The Balaban J connectivity index is 1.85. The van der Waals surface area contributed by atoms with Crippen molar-refractivity contribution in [3.05, 3.63) is 22.4 Å². The first-order valence-electron chi connectivity index (χ1n) is 7.36. The summed E-state index contributed by atoms with van der Waals surface area (Å²) in [5.74, 6) is -0.472. The van der Waals surface area contributed by atoms with Gasteiger partial charge < -0.3 is 10.4 Å². The van der Waals surface area contributed by atoms with Crippen LogP contribution in [0.5, 0.6) is 0 Å². The number of thiophene rings is 1. The summed E-state index contributed by atoms with van der Waals surface area (Å²) >= 11 is 1.60. The molecule has 1 amide bonds. The monoisotopic (exact) mass is 310 g/mol. The maximum atomic E-state index is 12.0. The number of carbonyl (C=O) groups is 2. The Kier molecular flexibility index (Phi) is 5.76. The van der Waals surface area contributed by atoms with Gasteiger partial charge in [-0.25, -0.2) is 0 Å². The molecule has 0 aromatic carbocycles. The minimum Gasteiger partial charge on any atom is -0.480 e. The smallest absolute Gasteiger partial charge is 0.320 e. The fourth-order valence-corrected chi connectivity index (χ4v) is 3.39. The topological polar surface area (TPSA) is 69.6 Å². The van der Waals surface area contributed by atoms with Crippen molar-refractivity contribution < 1.29 is 14.7 Å². The second kappa shape index (κ2) is 7.56. The van der Waals surface area contributed by atoms with E-state index in [1.54, 1.807) is 16.2 Å². The number of nitrogens with zero attached hydrogens (tertiary/aromatic N) is 1. The minimum atomic E-state index is -0.820. The lowest BCUT2D eigenvalue weighted by Crippen LogP contribution is -2.50. The van der Waals surface area contributed by atoms with Gasteiger partial charge in [-0.15, -0.1) is 11.3 Å². The van der Waals surface area contributed by atoms with E-state index in [4.69, 9.17) is 0 Å². The molecule has 2 unspecified atom stereocenters. The molecule has 0 saturated carbocycles. The molecule has 116 valence electrons. The van der Waals surface area contributed by atoms with Gasteiger partial charge >= 0.3 is 5.97 Å². The van der Waals surface area contributed by atoms with Gasteiger partial charge in [-0.05, 0) is 36.8 Å². The van der Waals surface area contributed by atoms with Crippen LogP contribution in [0.4, 0.5) is 0 Å². The third kappa shape index (κ3) is 4.54. The SMILES string of the molecule is CCC1CCN(CC(=O)NCc2cccs2)C(C(=O)O)C1. The summed E-state index contributed by atoms with van der Waals surface area (Å²) in [5.41, 5.74) is 0. The summed E-state index contributed by atoms with van der Waals surface area (Å²) in [6.45, 7) is 3.45. The van der Waals surface area contributed by atoms with Crippen LogP contribution in [0.15, 0.2) is 17.5 Å². The lowest BCUT2D eigenvalue weighted by Gasteiger charge is -2.36. The molecule has 1 aromatic rings. The third-order valence-corrected chi connectivity index (χ3v) is 4.95. The number of hydrogen-bond donors (Lipinski definition) is 2. The number of carbonyl (C=O) groups excluding carboxylic acids is 1. The average Bonchev–Trinajstić information content (AvgIpc) is 2.98. The van der Waals surface area contributed by atoms with E-state index in [1.807, 2.05) is 17.5 Å². The lowest BCUT2D eigenvalue weighted by molar-refractivity contribution is -0.146. The zero-order valence-electron chi connectivity index (χ0n) is 12.2. The van der Waals surface area contributed by atoms with Crippen LogP contribution in [-0.4, -0.2) is 41.0 Å². The largest absolute Gasteiger partial charge is 0.480 e. The predicted molar refractivity (Wildman–Crippen MR) is 82.2 cm³/mol.